The summed E-state index contributed by atoms with van der Waals surface area (Å²) >= 11 is 0. The zero-order valence-corrected chi connectivity index (χ0v) is 15.2. The van der Waals surface area contributed by atoms with E-state index in [0.717, 1.165) is 30.4 Å². The van der Waals surface area contributed by atoms with Crippen molar-refractivity contribution in [2.24, 2.45) is 5.41 Å². The van der Waals surface area contributed by atoms with E-state index in [1.807, 2.05) is 18.2 Å². The second-order valence-corrected chi connectivity index (χ2v) is 7.59. The number of fused-ring (bicyclic) bond motifs is 1. The van der Waals surface area contributed by atoms with Gasteiger partial charge in [-0.15, -0.1) is 0 Å². The fourth-order valence-electron chi connectivity index (χ4n) is 4.25. The van der Waals surface area contributed by atoms with Crippen LogP contribution in [0.2, 0.25) is 0 Å². The summed E-state index contributed by atoms with van der Waals surface area (Å²) in [6, 6.07) is 23.1. The van der Waals surface area contributed by atoms with Gasteiger partial charge in [-0.1, -0.05) is 79.6 Å². The molecule has 4 rings (SSSR count). The number of aliphatic hydroxyl groups is 1. The Balaban J connectivity index is 1.69. The van der Waals surface area contributed by atoms with Crippen molar-refractivity contribution in [1.29, 1.82) is 0 Å². The Labute approximate surface area is 155 Å². The van der Waals surface area contributed by atoms with Crippen LogP contribution in [0.1, 0.15) is 36.8 Å². The minimum Gasteiger partial charge on any atom is -0.488 e. The number of hydrogen-bond donors (Lipinski definition) is 1. The summed E-state index contributed by atoms with van der Waals surface area (Å²) < 4.78 is 6.35. The van der Waals surface area contributed by atoms with Crippen LogP contribution < -0.4 is 4.74 Å². The van der Waals surface area contributed by atoms with E-state index in [9.17, 15) is 5.11 Å². The molecule has 1 N–H and O–H groups in total. The Kier molecular flexibility index (Phi) is 4.94. The lowest BCUT2D eigenvalue weighted by molar-refractivity contribution is 0.129. The largest absolute Gasteiger partial charge is 0.488 e. The summed E-state index contributed by atoms with van der Waals surface area (Å²) in [6.07, 6.45) is 5.53. The molecule has 2 nitrogen and oxygen atoms in total. The molecular formula is C24H26O2. The second kappa shape index (κ2) is 7.51. The number of rotatable bonds is 6. The summed E-state index contributed by atoms with van der Waals surface area (Å²) in [5.74, 6) is 0.978. The molecule has 0 heterocycles. The molecule has 0 unspecified atom stereocenters. The molecule has 134 valence electrons. The highest BCUT2D eigenvalue weighted by Crippen LogP contribution is 2.43. The van der Waals surface area contributed by atoms with Gasteiger partial charge in [0.2, 0.25) is 0 Å². The summed E-state index contributed by atoms with van der Waals surface area (Å²) in [5, 5.41) is 12.4. The monoisotopic (exact) mass is 346 g/mol. The van der Waals surface area contributed by atoms with E-state index in [2.05, 4.69) is 48.5 Å². The van der Waals surface area contributed by atoms with Gasteiger partial charge in [-0.05, 0) is 41.2 Å². The quantitative estimate of drug-likeness (QED) is 0.637. The van der Waals surface area contributed by atoms with Crippen LogP contribution in [-0.2, 0) is 13.0 Å². The second-order valence-electron chi connectivity index (χ2n) is 7.59. The Bertz CT molecular complexity index is 864. The van der Waals surface area contributed by atoms with Gasteiger partial charge in [0, 0.05) is 12.0 Å². The van der Waals surface area contributed by atoms with Gasteiger partial charge in [-0.3, -0.25) is 0 Å². The highest BCUT2D eigenvalue weighted by molar-refractivity contribution is 5.89. The van der Waals surface area contributed by atoms with Crippen LogP contribution in [0.4, 0.5) is 0 Å². The minimum atomic E-state index is 0.0211. The molecule has 0 saturated heterocycles. The van der Waals surface area contributed by atoms with Crippen molar-refractivity contribution in [3.63, 3.8) is 0 Å². The van der Waals surface area contributed by atoms with Crippen LogP contribution in [0.5, 0.6) is 5.75 Å². The first-order valence-electron chi connectivity index (χ1n) is 9.58. The fourth-order valence-corrected chi connectivity index (χ4v) is 4.25. The highest BCUT2D eigenvalue weighted by atomic mass is 16.5. The average Bonchev–Trinajstić information content (AvgIpc) is 3.17. The molecule has 1 aliphatic carbocycles. The lowest BCUT2D eigenvalue weighted by Gasteiger charge is -2.28. The van der Waals surface area contributed by atoms with E-state index in [1.165, 1.54) is 29.4 Å². The maximum Gasteiger partial charge on any atom is 0.130 e. The molecular weight excluding hydrogens is 320 g/mol. The van der Waals surface area contributed by atoms with Crippen LogP contribution >= 0.6 is 0 Å². The standard InChI is InChI=1S/C24H26O2/c25-18-24(14-6-7-15-24)16-21-13-12-20-10-4-5-11-22(20)23(21)26-17-19-8-2-1-3-9-19/h1-5,8-13,25H,6-7,14-18H2. The summed E-state index contributed by atoms with van der Waals surface area (Å²) in [4.78, 5) is 0. The summed E-state index contributed by atoms with van der Waals surface area (Å²) in [7, 11) is 0. The van der Waals surface area contributed by atoms with E-state index in [-0.39, 0.29) is 12.0 Å². The van der Waals surface area contributed by atoms with Gasteiger partial charge in [-0.25, -0.2) is 0 Å². The van der Waals surface area contributed by atoms with Crippen molar-refractivity contribution >= 4 is 10.8 Å². The molecule has 0 atom stereocenters. The molecule has 3 aromatic carbocycles. The van der Waals surface area contributed by atoms with E-state index < -0.39 is 0 Å². The molecule has 1 fully saturated rings. The molecule has 2 heteroatoms. The third-order valence-electron chi connectivity index (χ3n) is 5.75. The summed E-state index contributed by atoms with van der Waals surface area (Å²) in [5.41, 5.74) is 2.41. The Hall–Kier alpha value is -2.32. The molecule has 0 aliphatic heterocycles. The van der Waals surface area contributed by atoms with Gasteiger partial charge in [0.15, 0.2) is 0 Å². The Morgan fingerprint density at radius 3 is 2.35 bits per heavy atom. The van der Waals surface area contributed by atoms with E-state index in [0.29, 0.717) is 6.61 Å². The molecule has 0 aromatic heterocycles. The predicted octanol–water partition coefficient (Wildman–Crippen LogP) is 5.51. The number of benzene rings is 3. The van der Waals surface area contributed by atoms with Gasteiger partial charge in [0.05, 0.1) is 0 Å². The van der Waals surface area contributed by atoms with Crippen LogP contribution in [-0.4, -0.2) is 11.7 Å². The van der Waals surface area contributed by atoms with Gasteiger partial charge < -0.3 is 9.84 Å². The van der Waals surface area contributed by atoms with Crippen LogP contribution in [0.25, 0.3) is 10.8 Å². The van der Waals surface area contributed by atoms with Gasteiger partial charge in [0.25, 0.3) is 0 Å². The van der Waals surface area contributed by atoms with Crippen LogP contribution in [0.3, 0.4) is 0 Å². The molecule has 0 bridgehead atoms. The van der Waals surface area contributed by atoms with Crippen LogP contribution in [0, 0.1) is 5.41 Å². The predicted molar refractivity (Wildman–Crippen MR) is 106 cm³/mol. The van der Waals surface area contributed by atoms with Crippen LogP contribution in [0.15, 0.2) is 66.7 Å². The molecule has 0 amide bonds. The molecule has 1 saturated carbocycles. The first-order chi connectivity index (χ1) is 12.8. The fraction of sp³-hybridized carbons (Fsp3) is 0.333. The van der Waals surface area contributed by atoms with Crippen molar-refractivity contribution in [3.05, 3.63) is 77.9 Å². The van der Waals surface area contributed by atoms with Crippen molar-refractivity contribution in [3.8, 4) is 5.75 Å². The first kappa shape index (κ1) is 17.1. The minimum absolute atomic E-state index is 0.0211. The van der Waals surface area contributed by atoms with Gasteiger partial charge in [-0.2, -0.15) is 0 Å². The normalized spacial score (nSPS) is 16.0. The number of hydrogen-bond acceptors (Lipinski definition) is 2. The molecule has 3 aromatic rings. The lowest BCUT2D eigenvalue weighted by Crippen LogP contribution is -2.24. The van der Waals surface area contributed by atoms with Crippen molar-refractivity contribution in [2.45, 2.75) is 38.7 Å². The number of ether oxygens (including phenoxy) is 1. The molecule has 0 radical (unpaired) electrons. The Morgan fingerprint density at radius 2 is 1.58 bits per heavy atom. The van der Waals surface area contributed by atoms with Gasteiger partial charge in [0.1, 0.15) is 12.4 Å². The zero-order valence-electron chi connectivity index (χ0n) is 15.2. The third-order valence-corrected chi connectivity index (χ3v) is 5.75. The first-order valence-corrected chi connectivity index (χ1v) is 9.58. The number of aliphatic hydroxyl groups excluding tert-OH is 1. The topological polar surface area (TPSA) is 29.5 Å². The average molecular weight is 346 g/mol. The molecule has 26 heavy (non-hydrogen) atoms. The van der Waals surface area contributed by atoms with Crippen molar-refractivity contribution < 1.29 is 9.84 Å². The Morgan fingerprint density at radius 1 is 0.846 bits per heavy atom. The SMILES string of the molecule is OCC1(Cc2ccc3ccccc3c2OCc2ccccc2)CCCC1. The van der Waals surface area contributed by atoms with Crippen molar-refractivity contribution in [1.82, 2.24) is 0 Å². The maximum absolute atomic E-state index is 10.0. The van der Waals surface area contributed by atoms with Crippen molar-refractivity contribution in [2.75, 3.05) is 6.61 Å². The van der Waals surface area contributed by atoms with E-state index >= 15 is 0 Å². The molecule has 0 spiro atoms. The highest BCUT2D eigenvalue weighted by Gasteiger charge is 2.34. The maximum atomic E-state index is 10.0. The smallest absolute Gasteiger partial charge is 0.130 e. The summed E-state index contributed by atoms with van der Waals surface area (Å²) in [6.45, 7) is 0.825. The van der Waals surface area contributed by atoms with Gasteiger partial charge >= 0.3 is 0 Å². The van der Waals surface area contributed by atoms with E-state index in [4.69, 9.17) is 4.74 Å². The lowest BCUT2D eigenvalue weighted by atomic mass is 9.80. The third kappa shape index (κ3) is 3.47. The molecule has 1 aliphatic rings. The zero-order chi connectivity index (χ0) is 17.8. The van der Waals surface area contributed by atoms with E-state index in [1.54, 1.807) is 0 Å².